The Morgan fingerprint density at radius 2 is 2.33 bits per heavy atom. The molecular formula is C12H13N3O3. The number of aromatic nitrogens is 2. The first-order chi connectivity index (χ1) is 8.63. The Bertz CT molecular complexity index is 574. The number of rotatable bonds is 2. The highest BCUT2D eigenvalue weighted by atomic mass is 16.7. The van der Waals surface area contributed by atoms with Crippen molar-refractivity contribution >= 4 is 5.91 Å². The first-order valence-corrected chi connectivity index (χ1v) is 5.86. The minimum absolute atomic E-state index is 0.135. The SMILES string of the molecule is C=C1CON(C(=O)c2cc(=O)[nH]c(C3CC3)n2)C1. The van der Waals surface area contributed by atoms with E-state index in [0.29, 0.717) is 24.9 Å². The van der Waals surface area contributed by atoms with Crippen LogP contribution < -0.4 is 5.56 Å². The number of carbonyl (C=O) groups is 1. The Labute approximate surface area is 103 Å². The predicted molar refractivity (Wildman–Crippen MR) is 63.0 cm³/mol. The minimum atomic E-state index is -0.387. The number of H-pyrrole nitrogens is 1. The van der Waals surface area contributed by atoms with Crippen molar-refractivity contribution in [3.63, 3.8) is 0 Å². The van der Waals surface area contributed by atoms with Crippen LogP contribution in [0.4, 0.5) is 0 Å². The van der Waals surface area contributed by atoms with Gasteiger partial charge in [0.05, 0.1) is 13.2 Å². The van der Waals surface area contributed by atoms with Gasteiger partial charge in [-0.1, -0.05) is 6.58 Å². The molecule has 0 bridgehead atoms. The second kappa shape index (κ2) is 4.06. The van der Waals surface area contributed by atoms with Gasteiger partial charge in [0.2, 0.25) is 0 Å². The molecule has 6 nitrogen and oxygen atoms in total. The summed E-state index contributed by atoms with van der Waals surface area (Å²) in [5.74, 6) is 0.505. The van der Waals surface area contributed by atoms with E-state index in [9.17, 15) is 9.59 Å². The third-order valence-electron chi connectivity index (χ3n) is 2.96. The number of nitrogens with one attached hydrogen (secondary N) is 1. The average Bonchev–Trinajstić information content (AvgIpc) is 3.10. The number of aromatic amines is 1. The highest BCUT2D eigenvalue weighted by molar-refractivity contribution is 5.91. The van der Waals surface area contributed by atoms with E-state index in [1.54, 1.807) is 0 Å². The van der Waals surface area contributed by atoms with Crippen molar-refractivity contribution < 1.29 is 9.63 Å². The van der Waals surface area contributed by atoms with Crippen LogP contribution in [0.15, 0.2) is 23.0 Å². The molecule has 1 N–H and O–H groups in total. The van der Waals surface area contributed by atoms with Crippen LogP contribution in [0.2, 0.25) is 0 Å². The van der Waals surface area contributed by atoms with Crippen LogP contribution in [0.3, 0.4) is 0 Å². The van der Waals surface area contributed by atoms with Crippen molar-refractivity contribution in [3.8, 4) is 0 Å². The van der Waals surface area contributed by atoms with Gasteiger partial charge in [0.1, 0.15) is 11.5 Å². The molecule has 18 heavy (non-hydrogen) atoms. The Morgan fingerprint density at radius 1 is 1.56 bits per heavy atom. The third-order valence-corrected chi connectivity index (χ3v) is 2.96. The van der Waals surface area contributed by atoms with Gasteiger partial charge in [-0.2, -0.15) is 0 Å². The molecule has 0 spiro atoms. The van der Waals surface area contributed by atoms with Crippen LogP contribution in [0.1, 0.15) is 35.1 Å². The van der Waals surface area contributed by atoms with Crippen molar-refractivity contribution in [2.75, 3.05) is 13.2 Å². The van der Waals surface area contributed by atoms with Gasteiger partial charge in [-0.3, -0.25) is 14.4 Å². The Kier molecular flexibility index (Phi) is 2.52. The summed E-state index contributed by atoms with van der Waals surface area (Å²) in [6, 6.07) is 1.21. The van der Waals surface area contributed by atoms with Crippen molar-refractivity contribution in [2.45, 2.75) is 18.8 Å². The fourth-order valence-electron chi connectivity index (χ4n) is 1.86. The van der Waals surface area contributed by atoms with Gasteiger partial charge < -0.3 is 4.98 Å². The summed E-state index contributed by atoms with van der Waals surface area (Å²) in [4.78, 5) is 35.6. The average molecular weight is 247 g/mol. The molecule has 0 atom stereocenters. The van der Waals surface area contributed by atoms with E-state index in [-0.39, 0.29) is 17.2 Å². The van der Waals surface area contributed by atoms with E-state index < -0.39 is 0 Å². The first-order valence-electron chi connectivity index (χ1n) is 5.86. The van der Waals surface area contributed by atoms with Crippen LogP contribution in [-0.2, 0) is 4.84 Å². The molecule has 1 aromatic rings. The van der Waals surface area contributed by atoms with Gasteiger partial charge >= 0.3 is 0 Å². The summed E-state index contributed by atoms with van der Waals surface area (Å²) in [6.07, 6.45) is 2.02. The predicted octanol–water partition coefficient (Wildman–Crippen LogP) is 0.591. The lowest BCUT2D eigenvalue weighted by molar-refractivity contribution is -0.0768. The number of hydrogen-bond donors (Lipinski definition) is 1. The van der Waals surface area contributed by atoms with E-state index in [1.807, 2.05) is 0 Å². The standard InChI is InChI=1S/C12H13N3O3/c1-7-5-15(18-6-7)12(17)9-4-10(16)14-11(13-9)8-2-3-8/h4,8H,1-3,5-6H2,(H,13,14,16). The maximum absolute atomic E-state index is 12.1. The maximum atomic E-state index is 12.1. The first kappa shape index (κ1) is 11.2. The normalized spacial score (nSPS) is 19.3. The van der Waals surface area contributed by atoms with Crippen molar-refractivity contribution in [2.24, 2.45) is 0 Å². The molecule has 1 amide bonds. The van der Waals surface area contributed by atoms with Gasteiger partial charge in [0, 0.05) is 12.0 Å². The van der Waals surface area contributed by atoms with Crippen LogP contribution in [0, 0.1) is 0 Å². The molecule has 1 saturated carbocycles. The van der Waals surface area contributed by atoms with Crippen LogP contribution in [0.5, 0.6) is 0 Å². The Balaban J connectivity index is 1.89. The molecule has 2 fully saturated rings. The van der Waals surface area contributed by atoms with E-state index in [4.69, 9.17) is 4.84 Å². The molecule has 2 aliphatic rings. The summed E-state index contributed by atoms with van der Waals surface area (Å²) in [5.41, 5.74) is 0.666. The van der Waals surface area contributed by atoms with Gasteiger partial charge in [-0.05, 0) is 18.4 Å². The van der Waals surface area contributed by atoms with Crippen molar-refractivity contribution in [3.05, 3.63) is 40.1 Å². The molecule has 6 heteroatoms. The fraction of sp³-hybridized carbons (Fsp3) is 0.417. The fourth-order valence-corrected chi connectivity index (χ4v) is 1.86. The lowest BCUT2D eigenvalue weighted by Crippen LogP contribution is -2.29. The Hall–Kier alpha value is -1.95. The zero-order chi connectivity index (χ0) is 12.7. The van der Waals surface area contributed by atoms with Gasteiger partial charge in [0.15, 0.2) is 0 Å². The molecule has 3 rings (SSSR count). The van der Waals surface area contributed by atoms with Crippen LogP contribution >= 0.6 is 0 Å². The summed E-state index contributed by atoms with van der Waals surface area (Å²) < 4.78 is 0. The van der Waals surface area contributed by atoms with Gasteiger partial charge in [0.25, 0.3) is 11.5 Å². The van der Waals surface area contributed by atoms with Gasteiger partial charge in [-0.25, -0.2) is 10.0 Å². The zero-order valence-corrected chi connectivity index (χ0v) is 9.81. The lowest BCUT2D eigenvalue weighted by Gasteiger charge is -2.12. The highest BCUT2D eigenvalue weighted by Crippen LogP contribution is 2.37. The van der Waals surface area contributed by atoms with E-state index >= 15 is 0 Å². The maximum Gasteiger partial charge on any atom is 0.296 e. The van der Waals surface area contributed by atoms with E-state index in [0.717, 1.165) is 18.4 Å². The van der Waals surface area contributed by atoms with Crippen LogP contribution in [0.25, 0.3) is 0 Å². The molecule has 94 valence electrons. The Morgan fingerprint density at radius 3 is 2.94 bits per heavy atom. The smallest absolute Gasteiger partial charge is 0.296 e. The molecule has 1 aliphatic carbocycles. The topological polar surface area (TPSA) is 75.3 Å². The van der Waals surface area contributed by atoms with Crippen molar-refractivity contribution in [1.82, 2.24) is 15.0 Å². The summed E-state index contributed by atoms with van der Waals surface area (Å²) in [7, 11) is 0. The largest absolute Gasteiger partial charge is 0.310 e. The summed E-state index contributed by atoms with van der Waals surface area (Å²) in [6.45, 7) is 4.44. The number of carbonyl (C=O) groups excluding carboxylic acids is 1. The van der Waals surface area contributed by atoms with E-state index in [1.165, 1.54) is 11.1 Å². The molecule has 0 unspecified atom stereocenters. The molecule has 0 aromatic carbocycles. The molecule has 2 heterocycles. The highest BCUT2D eigenvalue weighted by Gasteiger charge is 2.29. The molecule has 1 aliphatic heterocycles. The van der Waals surface area contributed by atoms with E-state index in [2.05, 4.69) is 16.5 Å². The number of amides is 1. The molecule has 1 aromatic heterocycles. The quantitative estimate of drug-likeness (QED) is 0.776. The third kappa shape index (κ3) is 2.06. The number of nitrogens with zero attached hydrogens (tertiary/aromatic N) is 2. The number of hydroxylamine groups is 2. The lowest BCUT2D eigenvalue weighted by atomic mass is 10.3. The summed E-state index contributed by atoms with van der Waals surface area (Å²) in [5, 5.41) is 1.20. The molecular weight excluding hydrogens is 234 g/mol. The number of hydrogen-bond acceptors (Lipinski definition) is 4. The summed E-state index contributed by atoms with van der Waals surface area (Å²) >= 11 is 0. The van der Waals surface area contributed by atoms with Gasteiger partial charge in [-0.15, -0.1) is 0 Å². The monoisotopic (exact) mass is 247 g/mol. The molecule has 0 radical (unpaired) electrons. The zero-order valence-electron chi connectivity index (χ0n) is 9.81. The van der Waals surface area contributed by atoms with Crippen LogP contribution in [-0.4, -0.2) is 34.1 Å². The second-order valence-corrected chi connectivity index (χ2v) is 4.66. The second-order valence-electron chi connectivity index (χ2n) is 4.66. The molecule has 1 saturated heterocycles. The van der Waals surface area contributed by atoms with Crippen molar-refractivity contribution in [1.29, 1.82) is 0 Å². The minimum Gasteiger partial charge on any atom is -0.310 e.